The van der Waals surface area contributed by atoms with Crippen molar-refractivity contribution in [1.82, 2.24) is 20.8 Å². The van der Waals surface area contributed by atoms with Crippen LogP contribution in [-0.2, 0) is 0 Å². The molecule has 3 aromatic carbocycles. The summed E-state index contributed by atoms with van der Waals surface area (Å²) >= 11 is 0. The topological polar surface area (TPSA) is 65.1 Å². The average Bonchev–Trinajstić information content (AvgIpc) is 2.97. The van der Waals surface area contributed by atoms with Gasteiger partial charge in [0.1, 0.15) is 6.17 Å². The summed E-state index contributed by atoms with van der Waals surface area (Å²) in [4.78, 5) is 8.20. The van der Waals surface area contributed by atoms with E-state index >= 15 is 0 Å². The maximum atomic E-state index is 4.10. The molecule has 0 fully saturated rings. The molecule has 0 bridgehead atoms. The fraction of sp³-hybridized carbons (Fsp3) is 0.0667. The third-order valence-corrected chi connectivity index (χ3v) is 5.98. The Balaban J connectivity index is 1.27. The van der Waals surface area contributed by atoms with Gasteiger partial charge in [-0.3, -0.25) is 9.97 Å². The fourth-order valence-corrected chi connectivity index (χ4v) is 3.97. The van der Waals surface area contributed by atoms with E-state index in [0.29, 0.717) is 0 Å². The van der Waals surface area contributed by atoms with Gasteiger partial charge in [0.15, 0.2) is 0 Å². The van der Waals surface area contributed by atoms with Gasteiger partial charge in [-0.25, -0.2) is 10.9 Å². The van der Waals surface area contributed by atoms with Gasteiger partial charge < -0.3 is 10.4 Å². The van der Waals surface area contributed by atoms with E-state index in [2.05, 4.69) is 86.9 Å². The molecule has 0 aliphatic rings. The summed E-state index contributed by atoms with van der Waals surface area (Å²) < 4.78 is 0. The number of benzene rings is 3. The Kier molecular flexibility index (Phi) is 7.27. The van der Waals surface area contributed by atoms with E-state index in [4.69, 9.17) is 0 Å². The van der Waals surface area contributed by atoms with E-state index < -0.39 is 0 Å². The Morgan fingerprint density at radius 3 is 1.64 bits per heavy atom. The summed E-state index contributed by atoms with van der Waals surface area (Å²) in [5, 5.41) is 2.02. The third kappa shape index (κ3) is 5.75. The van der Waals surface area contributed by atoms with Crippen molar-refractivity contribution < 1.29 is 0 Å². The zero-order valence-electron chi connectivity index (χ0n) is 20.0. The second-order valence-electron chi connectivity index (χ2n) is 8.40. The minimum absolute atomic E-state index is 0.170. The molecule has 178 valence electrons. The highest BCUT2D eigenvalue weighted by atomic mass is 15.6. The first-order valence-corrected chi connectivity index (χ1v) is 11.8. The molecule has 1 unspecified atom stereocenters. The Hall–Kier alpha value is -4.52. The first-order valence-electron chi connectivity index (χ1n) is 11.8. The standard InChI is InChI=1S/C30H28N6/c1-36(29-13-9-24(10-14-29)26-17-21-32-22-18-26)35-30(27-5-3-2-4-6-27)34-33-28-11-7-23(8-12-28)25-15-19-31-20-16-25/h2-22,30,33-35H,1H3. The predicted molar refractivity (Wildman–Crippen MR) is 147 cm³/mol. The van der Waals surface area contributed by atoms with Crippen LogP contribution >= 0.6 is 0 Å². The lowest BCUT2D eigenvalue weighted by Gasteiger charge is -2.29. The molecule has 3 N–H and O–H groups in total. The van der Waals surface area contributed by atoms with Crippen LogP contribution in [0.15, 0.2) is 128 Å². The number of rotatable bonds is 9. The molecule has 5 aromatic rings. The number of pyridine rings is 2. The summed E-state index contributed by atoms with van der Waals surface area (Å²) in [6.45, 7) is 0. The van der Waals surface area contributed by atoms with E-state index in [0.717, 1.165) is 39.2 Å². The number of aromatic nitrogens is 2. The predicted octanol–water partition coefficient (Wildman–Crippen LogP) is 6.07. The monoisotopic (exact) mass is 472 g/mol. The van der Waals surface area contributed by atoms with Crippen LogP contribution in [-0.4, -0.2) is 17.0 Å². The highest BCUT2D eigenvalue weighted by Crippen LogP contribution is 2.23. The van der Waals surface area contributed by atoms with Gasteiger partial charge in [0.25, 0.3) is 0 Å². The molecule has 0 spiro atoms. The molecular formula is C30H28N6. The van der Waals surface area contributed by atoms with Crippen LogP contribution in [0.4, 0.5) is 11.4 Å². The van der Waals surface area contributed by atoms with Crippen LogP contribution in [0.3, 0.4) is 0 Å². The van der Waals surface area contributed by atoms with Crippen LogP contribution in [0.5, 0.6) is 0 Å². The SMILES string of the molecule is CN(NC(NNc1ccc(-c2ccncc2)cc1)c1ccccc1)c1ccc(-c2ccncc2)cc1. The normalized spacial score (nSPS) is 11.6. The van der Waals surface area contributed by atoms with Crippen LogP contribution in [0.2, 0.25) is 0 Å². The summed E-state index contributed by atoms with van der Waals surface area (Å²) in [7, 11) is 2.02. The molecule has 0 aliphatic carbocycles. The zero-order chi connectivity index (χ0) is 24.6. The minimum atomic E-state index is -0.170. The van der Waals surface area contributed by atoms with Crippen LogP contribution in [0.1, 0.15) is 11.7 Å². The second-order valence-corrected chi connectivity index (χ2v) is 8.40. The molecule has 2 aromatic heterocycles. The van der Waals surface area contributed by atoms with E-state index in [-0.39, 0.29) is 6.17 Å². The molecule has 36 heavy (non-hydrogen) atoms. The number of hydrazine groups is 2. The Morgan fingerprint density at radius 1 is 0.583 bits per heavy atom. The summed E-state index contributed by atoms with van der Waals surface area (Å²) in [5.74, 6) is 0. The molecule has 6 nitrogen and oxygen atoms in total. The highest BCUT2D eigenvalue weighted by Gasteiger charge is 2.13. The molecule has 5 rings (SSSR count). The average molecular weight is 473 g/mol. The van der Waals surface area contributed by atoms with Gasteiger partial charge in [-0.2, -0.15) is 0 Å². The van der Waals surface area contributed by atoms with Crippen LogP contribution in [0, 0.1) is 0 Å². The Labute approximate surface area is 211 Å². The number of hydrogen-bond acceptors (Lipinski definition) is 6. The molecule has 0 aliphatic heterocycles. The first-order chi connectivity index (χ1) is 17.8. The van der Waals surface area contributed by atoms with Gasteiger partial charge in [-0.05, 0) is 76.3 Å². The number of nitrogens with one attached hydrogen (secondary N) is 3. The molecule has 0 saturated carbocycles. The quantitative estimate of drug-likeness (QED) is 0.179. The highest BCUT2D eigenvalue weighted by molar-refractivity contribution is 5.66. The molecule has 0 radical (unpaired) electrons. The first kappa shape index (κ1) is 23.2. The van der Waals surface area contributed by atoms with Gasteiger partial charge >= 0.3 is 0 Å². The van der Waals surface area contributed by atoms with Crippen molar-refractivity contribution in [3.8, 4) is 22.3 Å². The summed E-state index contributed by atoms with van der Waals surface area (Å²) in [5.41, 5.74) is 18.1. The second kappa shape index (κ2) is 11.3. The van der Waals surface area contributed by atoms with Crippen LogP contribution in [0.25, 0.3) is 22.3 Å². The summed E-state index contributed by atoms with van der Waals surface area (Å²) in [6, 6.07) is 35.1. The van der Waals surface area contributed by atoms with Crippen molar-refractivity contribution in [2.24, 2.45) is 0 Å². The van der Waals surface area contributed by atoms with E-state index in [9.17, 15) is 0 Å². The Morgan fingerprint density at radius 2 is 1.08 bits per heavy atom. The van der Waals surface area contributed by atoms with Crippen molar-refractivity contribution in [3.05, 3.63) is 133 Å². The van der Waals surface area contributed by atoms with Gasteiger partial charge in [-0.1, -0.05) is 54.6 Å². The number of anilines is 2. The molecule has 0 saturated heterocycles. The number of nitrogens with zero attached hydrogens (tertiary/aromatic N) is 3. The maximum Gasteiger partial charge on any atom is 0.118 e. The lowest BCUT2D eigenvalue weighted by molar-refractivity contribution is 0.466. The van der Waals surface area contributed by atoms with E-state index in [1.165, 1.54) is 0 Å². The van der Waals surface area contributed by atoms with Crippen molar-refractivity contribution in [3.63, 3.8) is 0 Å². The summed E-state index contributed by atoms with van der Waals surface area (Å²) in [6.07, 6.45) is 7.07. The van der Waals surface area contributed by atoms with Crippen molar-refractivity contribution in [2.45, 2.75) is 6.17 Å². The lowest BCUT2D eigenvalue weighted by atomic mass is 10.1. The zero-order valence-corrected chi connectivity index (χ0v) is 20.0. The van der Waals surface area contributed by atoms with Gasteiger partial charge in [0, 0.05) is 37.5 Å². The molecular weight excluding hydrogens is 444 g/mol. The smallest absolute Gasteiger partial charge is 0.118 e. The van der Waals surface area contributed by atoms with Gasteiger partial charge in [0.2, 0.25) is 0 Å². The number of hydrogen-bond donors (Lipinski definition) is 3. The van der Waals surface area contributed by atoms with Gasteiger partial charge in [-0.15, -0.1) is 0 Å². The minimum Gasteiger partial charge on any atom is -0.320 e. The van der Waals surface area contributed by atoms with E-state index in [1.54, 1.807) is 0 Å². The third-order valence-electron chi connectivity index (χ3n) is 5.98. The maximum absolute atomic E-state index is 4.10. The van der Waals surface area contributed by atoms with Crippen LogP contribution < -0.4 is 21.3 Å². The fourth-order valence-electron chi connectivity index (χ4n) is 3.97. The van der Waals surface area contributed by atoms with Crippen molar-refractivity contribution in [1.29, 1.82) is 0 Å². The van der Waals surface area contributed by atoms with Crippen molar-refractivity contribution >= 4 is 11.4 Å². The van der Waals surface area contributed by atoms with Gasteiger partial charge in [0.05, 0.1) is 5.69 Å². The van der Waals surface area contributed by atoms with Crippen molar-refractivity contribution in [2.75, 3.05) is 17.5 Å². The Bertz CT molecular complexity index is 1340. The molecule has 0 amide bonds. The largest absolute Gasteiger partial charge is 0.320 e. The van der Waals surface area contributed by atoms with E-state index in [1.807, 2.05) is 79.3 Å². The molecule has 1 atom stereocenters. The molecule has 2 heterocycles. The molecule has 6 heteroatoms. The lowest BCUT2D eigenvalue weighted by Crippen LogP contribution is -2.45.